The predicted molar refractivity (Wildman–Crippen MR) is 85.8 cm³/mol. The first-order valence-electron chi connectivity index (χ1n) is 7.61. The summed E-state index contributed by atoms with van der Waals surface area (Å²) in [5, 5.41) is 12.3. The van der Waals surface area contributed by atoms with Crippen molar-refractivity contribution >= 4 is 5.91 Å². The number of hydrogen-bond donors (Lipinski definition) is 2. The summed E-state index contributed by atoms with van der Waals surface area (Å²) in [7, 11) is 0. The molecule has 0 unspecified atom stereocenters. The van der Waals surface area contributed by atoms with Crippen LogP contribution in [-0.4, -0.2) is 29.8 Å². The molecule has 0 aromatic heterocycles. The number of aromatic hydroxyl groups is 1. The van der Waals surface area contributed by atoms with Gasteiger partial charge in [0.1, 0.15) is 11.9 Å². The maximum Gasteiger partial charge on any atom is 0.265 e. The molecule has 23 heavy (non-hydrogen) atoms. The molecule has 1 heterocycles. The molecule has 0 saturated heterocycles. The number of ether oxygens (including phenoxy) is 2. The Bertz CT molecular complexity index is 701. The van der Waals surface area contributed by atoms with E-state index in [1.54, 1.807) is 24.3 Å². The molecule has 120 valence electrons. The maximum atomic E-state index is 12.3. The molecule has 2 N–H and O–H groups in total. The Morgan fingerprint density at radius 3 is 2.61 bits per heavy atom. The first kappa shape index (κ1) is 15.2. The molecule has 2 aromatic carbocycles. The number of rotatable bonds is 4. The number of nitrogens with one attached hydrogen (secondary N) is 1. The van der Waals surface area contributed by atoms with E-state index in [2.05, 4.69) is 5.32 Å². The fourth-order valence-corrected chi connectivity index (χ4v) is 2.55. The van der Waals surface area contributed by atoms with Crippen molar-refractivity contribution in [1.82, 2.24) is 5.32 Å². The molecule has 1 aliphatic heterocycles. The zero-order valence-corrected chi connectivity index (χ0v) is 12.9. The zero-order valence-electron chi connectivity index (χ0n) is 12.9. The number of phenols is 1. The average molecular weight is 313 g/mol. The van der Waals surface area contributed by atoms with Crippen LogP contribution in [0.4, 0.5) is 0 Å². The van der Waals surface area contributed by atoms with E-state index in [0.717, 1.165) is 5.56 Å². The van der Waals surface area contributed by atoms with Crippen molar-refractivity contribution in [1.29, 1.82) is 0 Å². The minimum atomic E-state index is -0.672. The number of carbonyl (C=O) groups excluding carboxylic acids is 1. The monoisotopic (exact) mass is 313 g/mol. The van der Waals surface area contributed by atoms with Crippen molar-refractivity contribution in [3.8, 4) is 17.2 Å². The lowest BCUT2D eigenvalue weighted by Crippen LogP contribution is -2.49. The summed E-state index contributed by atoms with van der Waals surface area (Å²) in [6, 6.07) is 14.3. The van der Waals surface area contributed by atoms with Crippen LogP contribution in [0.15, 0.2) is 48.5 Å². The Morgan fingerprint density at radius 2 is 1.87 bits per heavy atom. The summed E-state index contributed by atoms with van der Waals surface area (Å²) >= 11 is 0. The lowest BCUT2D eigenvalue weighted by atomic mass is 10.1. The summed E-state index contributed by atoms with van der Waals surface area (Å²) < 4.78 is 11.5. The van der Waals surface area contributed by atoms with Crippen molar-refractivity contribution in [3.05, 3.63) is 54.1 Å². The SMILES string of the molecule is C[C@@H]1Oc2ccccc2O[C@@H]1C(=O)NCCc1cccc(O)c1. The average Bonchev–Trinajstić information content (AvgIpc) is 2.54. The molecule has 2 aromatic rings. The Kier molecular flexibility index (Phi) is 4.37. The van der Waals surface area contributed by atoms with Crippen molar-refractivity contribution in [2.75, 3.05) is 6.54 Å². The molecule has 0 spiro atoms. The molecule has 5 nitrogen and oxygen atoms in total. The maximum absolute atomic E-state index is 12.3. The minimum Gasteiger partial charge on any atom is -0.508 e. The summed E-state index contributed by atoms with van der Waals surface area (Å²) in [6.07, 6.45) is -0.390. The summed E-state index contributed by atoms with van der Waals surface area (Å²) in [4.78, 5) is 12.3. The molecular weight excluding hydrogens is 294 g/mol. The zero-order chi connectivity index (χ0) is 16.2. The Labute approximate surface area is 134 Å². The summed E-state index contributed by atoms with van der Waals surface area (Å²) in [5.41, 5.74) is 0.963. The number of phenolic OH excluding ortho intramolecular Hbond substituents is 1. The van der Waals surface area contributed by atoms with Crippen LogP contribution < -0.4 is 14.8 Å². The molecule has 0 fully saturated rings. The van der Waals surface area contributed by atoms with Gasteiger partial charge in [0, 0.05) is 6.54 Å². The van der Waals surface area contributed by atoms with Gasteiger partial charge in [-0.05, 0) is 43.2 Å². The van der Waals surface area contributed by atoms with E-state index in [1.165, 1.54) is 0 Å². The lowest BCUT2D eigenvalue weighted by molar-refractivity contribution is -0.133. The highest BCUT2D eigenvalue weighted by Crippen LogP contribution is 2.33. The van der Waals surface area contributed by atoms with E-state index in [4.69, 9.17) is 9.47 Å². The van der Waals surface area contributed by atoms with E-state index in [-0.39, 0.29) is 17.8 Å². The smallest absolute Gasteiger partial charge is 0.265 e. The Hall–Kier alpha value is -2.69. The van der Waals surface area contributed by atoms with Gasteiger partial charge >= 0.3 is 0 Å². The molecule has 0 bridgehead atoms. The molecular formula is C18H19NO4. The minimum absolute atomic E-state index is 0.202. The number of carbonyl (C=O) groups is 1. The quantitative estimate of drug-likeness (QED) is 0.909. The van der Waals surface area contributed by atoms with Gasteiger partial charge in [-0.2, -0.15) is 0 Å². The van der Waals surface area contributed by atoms with Gasteiger partial charge in [-0.25, -0.2) is 0 Å². The standard InChI is InChI=1S/C18H19NO4/c1-12-17(23-16-8-3-2-7-15(16)22-12)18(21)19-10-9-13-5-4-6-14(20)11-13/h2-8,11-12,17,20H,9-10H2,1H3,(H,19,21)/t12-,17-/m0/s1. The van der Waals surface area contributed by atoms with E-state index >= 15 is 0 Å². The second kappa shape index (κ2) is 6.60. The van der Waals surface area contributed by atoms with Crippen molar-refractivity contribution < 1.29 is 19.4 Å². The molecule has 2 atom stereocenters. The largest absolute Gasteiger partial charge is 0.508 e. The molecule has 5 heteroatoms. The lowest BCUT2D eigenvalue weighted by Gasteiger charge is -2.31. The van der Waals surface area contributed by atoms with Gasteiger partial charge in [0.2, 0.25) is 6.10 Å². The van der Waals surface area contributed by atoms with E-state index in [9.17, 15) is 9.90 Å². The van der Waals surface area contributed by atoms with Crippen LogP contribution in [0.5, 0.6) is 17.2 Å². The third kappa shape index (κ3) is 3.56. The number of benzene rings is 2. The van der Waals surface area contributed by atoms with Crippen molar-refractivity contribution in [3.63, 3.8) is 0 Å². The predicted octanol–water partition coefficient (Wildman–Crippen LogP) is 2.28. The fourth-order valence-electron chi connectivity index (χ4n) is 2.55. The van der Waals surface area contributed by atoms with Gasteiger partial charge in [-0.3, -0.25) is 4.79 Å². The van der Waals surface area contributed by atoms with E-state index in [0.29, 0.717) is 24.5 Å². The molecule has 0 radical (unpaired) electrons. The number of hydrogen-bond acceptors (Lipinski definition) is 4. The second-order valence-electron chi connectivity index (χ2n) is 5.52. The first-order chi connectivity index (χ1) is 11.1. The van der Waals surface area contributed by atoms with Gasteiger partial charge in [-0.15, -0.1) is 0 Å². The van der Waals surface area contributed by atoms with E-state index < -0.39 is 6.10 Å². The van der Waals surface area contributed by atoms with Crippen molar-refractivity contribution in [2.24, 2.45) is 0 Å². The highest BCUT2D eigenvalue weighted by atomic mass is 16.6. The van der Waals surface area contributed by atoms with Crippen LogP contribution in [0.1, 0.15) is 12.5 Å². The Morgan fingerprint density at radius 1 is 1.13 bits per heavy atom. The third-order valence-electron chi connectivity index (χ3n) is 3.72. The topological polar surface area (TPSA) is 67.8 Å². The van der Waals surface area contributed by atoms with Crippen LogP contribution in [0.25, 0.3) is 0 Å². The fraction of sp³-hybridized carbons (Fsp3) is 0.278. The van der Waals surface area contributed by atoms with Gasteiger partial charge in [0.05, 0.1) is 0 Å². The summed E-state index contributed by atoms with van der Waals surface area (Å²) in [6.45, 7) is 2.28. The highest BCUT2D eigenvalue weighted by Gasteiger charge is 2.33. The molecule has 3 rings (SSSR count). The molecule has 0 saturated carbocycles. The second-order valence-corrected chi connectivity index (χ2v) is 5.52. The van der Waals surface area contributed by atoms with Crippen LogP contribution in [0.3, 0.4) is 0 Å². The molecule has 1 amide bonds. The van der Waals surface area contributed by atoms with Gasteiger partial charge in [-0.1, -0.05) is 24.3 Å². The van der Waals surface area contributed by atoms with Gasteiger partial charge in [0.25, 0.3) is 5.91 Å². The highest BCUT2D eigenvalue weighted by molar-refractivity contribution is 5.82. The van der Waals surface area contributed by atoms with Crippen LogP contribution in [0.2, 0.25) is 0 Å². The molecule has 1 aliphatic rings. The molecule has 0 aliphatic carbocycles. The normalized spacial score (nSPS) is 19.2. The van der Waals surface area contributed by atoms with Crippen LogP contribution >= 0.6 is 0 Å². The van der Waals surface area contributed by atoms with Crippen LogP contribution in [0, 0.1) is 0 Å². The van der Waals surface area contributed by atoms with Gasteiger partial charge in [0.15, 0.2) is 11.5 Å². The van der Waals surface area contributed by atoms with Gasteiger partial charge < -0.3 is 19.9 Å². The third-order valence-corrected chi connectivity index (χ3v) is 3.72. The Balaban J connectivity index is 1.56. The number of fused-ring (bicyclic) bond motifs is 1. The number of amides is 1. The van der Waals surface area contributed by atoms with E-state index in [1.807, 2.05) is 31.2 Å². The first-order valence-corrected chi connectivity index (χ1v) is 7.61. The number of para-hydroxylation sites is 2. The summed E-state index contributed by atoms with van der Waals surface area (Å²) in [5.74, 6) is 1.26. The van der Waals surface area contributed by atoms with Crippen molar-refractivity contribution in [2.45, 2.75) is 25.6 Å². The van der Waals surface area contributed by atoms with Crippen LogP contribution in [-0.2, 0) is 11.2 Å².